The van der Waals surface area contributed by atoms with Crippen molar-refractivity contribution in [1.29, 1.82) is 0 Å². The summed E-state index contributed by atoms with van der Waals surface area (Å²) in [7, 11) is 6.76. The van der Waals surface area contributed by atoms with Crippen LogP contribution in [0.2, 0.25) is 0 Å². The molecule has 176 valence electrons. The molecular weight excluding hydrogens is 538 g/mol. The van der Waals surface area contributed by atoms with Gasteiger partial charge in [-0.2, -0.15) is 0 Å². The molecule has 0 N–H and O–H groups in total. The van der Waals surface area contributed by atoms with E-state index in [1.54, 1.807) is 0 Å². The quantitative estimate of drug-likeness (QED) is 0.177. The summed E-state index contributed by atoms with van der Waals surface area (Å²) in [5.41, 5.74) is 5.51. The van der Waals surface area contributed by atoms with Crippen molar-refractivity contribution >= 4 is 10.9 Å². The summed E-state index contributed by atoms with van der Waals surface area (Å²) >= 11 is 0. The number of halogens is 2. The van der Waals surface area contributed by atoms with E-state index in [1.165, 1.54) is 40.6 Å². The SMILES string of the molecule is C[N+](C)(C)CCC[n+]1ccc(CCc2cn(Cc3ccccc3)c3ccccc23)cc1.[Br-].[Br-]. The van der Waals surface area contributed by atoms with Crippen LogP contribution in [0.3, 0.4) is 0 Å². The largest absolute Gasteiger partial charge is 1.00 e. The summed E-state index contributed by atoms with van der Waals surface area (Å²) in [5, 5.41) is 1.38. The maximum Gasteiger partial charge on any atom is 0.169 e. The predicted octanol–water partition coefficient (Wildman–Crippen LogP) is -1.13. The lowest BCUT2D eigenvalue weighted by Crippen LogP contribution is -3.00. The molecule has 0 aliphatic rings. The average molecular weight is 573 g/mol. The van der Waals surface area contributed by atoms with Crippen LogP contribution in [0, 0.1) is 0 Å². The molecule has 2 aromatic carbocycles. The summed E-state index contributed by atoms with van der Waals surface area (Å²) < 4.78 is 5.73. The smallest absolute Gasteiger partial charge is 0.169 e. The number of aryl methyl sites for hydroxylation is 3. The van der Waals surface area contributed by atoms with Crippen LogP contribution in [0.15, 0.2) is 85.3 Å². The first-order valence-electron chi connectivity index (χ1n) is 11.4. The normalized spacial score (nSPS) is 11.1. The monoisotopic (exact) mass is 571 g/mol. The second-order valence-electron chi connectivity index (χ2n) is 9.60. The number of fused-ring (bicyclic) bond motifs is 1. The van der Waals surface area contributed by atoms with E-state index in [1.807, 2.05) is 0 Å². The van der Waals surface area contributed by atoms with Gasteiger partial charge in [-0.15, -0.1) is 0 Å². The van der Waals surface area contributed by atoms with Crippen molar-refractivity contribution in [1.82, 2.24) is 4.57 Å². The maximum atomic E-state index is 2.40. The fourth-order valence-electron chi connectivity index (χ4n) is 4.24. The lowest BCUT2D eigenvalue weighted by molar-refractivity contribution is -0.873. The third-order valence-corrected chi connectivity index (χ3v) is 5.96. The van der Waals surface area contributed by atoms with Gasteiger partial charge < -0.3 is 43.0 Å². The minimum absolute atomic E-state index is 0. The molecule has 0 bridgehead atoms. The first-order chi connectivity index (χ1) is 15.0. The van der Waals surface area contributed by atoms with Crippen LogP contribution in [0.4, 0.5) is 0 Å². The molecule has 0 aliphatic heterocycles. The molecule has 5 heteroatoms. The number of pyridine rings is 1. The molecule has 2 aromatic heterocycles. The van der Waals surface area contributed by atoms with Gasteiger partial charge in [0.15, 0.2) is 18.9 Å². The van der Waals surface area contributed by atoms with E-state index in [-0.39, 0.29) is 34.0 Å². The molecule has 4 rings (SSSR count). The van der Waals surface area contributed by atoms with Crippen molar-refractivity contribution in [2.75, 3.05) is 27.7 Å². The van der Waals surface area contributed by atoms with Crippen LogP contribution < -0.4 is 38.5 Å². The van der Waals surface area contributed by atoms with Crippen molar-refractivity contribution in [3.8, 4) is 0 Å². The van der Waals surface area contributed by atoms with E-state index in [0.717, 1.165) is 30.4 Å². The van der Waals surface area contributed by atoms with Gasteiger partial charge in [0.05, 0.1) is 34.1 Å². The Morgan fingerprint density at radius 3 is 2.12 bits per heavy atom. The highest BCUT2D eigenvalue weighted by molar-refractivity contribution is 5.84. The van der Waals surface area contributed by atoms with Gasteiger partial charge in [-0.25, -0.2) is 4.57 Å². The van der Waals surface area contributed by atoms with Crippen LogP contribution in [0.5, 0.6) is 0 Å². The number of aromatic nitrogens is 2. The number of benzene rings is 2. The second-order valence-corrected chi connectivity index (χ2v) is 9.60. The first-order valence-corrected chi connectivity index (χ1v) is 11.4. The standard InChI is InChI=1S/C28H35N3.2BrH/c1-31(2,3)21-9-18-29-19-16-24(17-20-29)14-15-26-23-30(22-25-10-5-4-6-11-25)28-13-8-7-12-27(26)28;;/h4-8,10-13,16-17,19-20,23H,9,14-15,18,21-22H2,1-3H3;2*1H/q+2;;/p-2. The Balaban J connectivity index is 0.00000193. The number of para-hydroxylation sites is 1. The highest BCUT2D eigenvalue weighted by Crippen LogP contribution is 2.24. The van der Waals surface area contributed by atoms with E-state index in [2.05, 4.69) is 116 Å². The average Bonchev–Trinajstić information content (AvgIpc) is 3.11. The molecule has 0 atom stereocenters. The van der Waals surface area contributed by atoms with E-state index >= 15 is 0 Å². The molecule has 0 radical (unpaired) electrons. The Kier molecular flexibility index (Phi) is 10.3. The van der Waals surface area contributed by atoms with Crippen molar-refractivity contribution in [2.24, 2.45) is 0 Å². The number of hydrogen-bond acceptors (Lipinski definition) is 0. The first kappa shape index (κ1) is 27.3. The summed E-state index contributed by atoms with van der Waals surface area (Å²) in [6, 6.07) is 24.1. The van der Waals surface area contributed by atoms with Gasteiger partial charge in [-0.05, 0) is 35.6 Å². The van der Waals surface area contributed by atoms with Gasteiger partial charge >= 0.3 is 0 Å². The lowest BCUT2D eigenvalue weighted by Gasteiger charge is -2.22. The van der Waals surface area contributed by atoms with E-state index in [9.17, 15) is 0 Å². The van der Waals surface area contributed by atoms with Gasteiger partial charge in [-0.3, -0.25) is 0 Å². The van der Waals surface area contributed by atoms with Crippen LogP contribution in [0.1, 0.15) is 23.1 Å². The molecule has 3 nitrogen and oxygen atoms in total. The second kappa shape index (κ2) is 12.5. The van der Waals surface area contributed by atoms with Gasteiger partial charge in [0.1, 0.15) is 0 Å². The summed E-state index contributed by atoms with van der Waals surface area (Å²) in [5.74, 6) is 0. The molecule has 0 unspecified atom stereocenters. The number of nitrogens with zero attached hydrogens (tertiary/aromatic N) is 3. The van der Waals surface area contributed by atoms with Gasteiger partial charge in [-0.1, -0.05) is 48.5 Å². The Hall–Kier alpha value is -1.95. The Labute approximate surface area is 219 Å². The van der Waals surface area contributed by atoms with Crippen LogP contribution >= 0.6 is 0 Å². The summed E-state index contributed by atoms with van der Waals surface area (Å²) in [4.78, 5) is 0. The molecular formula is C28H35Br2N3. The van der Waals surface area contributed by atoms with E-state index < -0.39 is 0 Å². The predicted molar refractivity (Wildman–Crippen MR) is 129 cm³/mol. The molecule has 33 heavy (non-hydrogen) atoms. The summed E-state index contributed by atoms with van der Waals surface area (Å²) in [6.45, 7) is 3.20. The highest BCUT2D eigenvalue weighted by atomic mass is 79.9. The van der Waals surface area contributed by atoms with Crippen molar-refractivity contribution < 1.29 is 43.0 Å². The van der Waals surface area contributed by atoms with Gasteiger partial charge in [0.25, 0.3) is 0 Å². The topological polar surface area (TPSA) is 8.81 Å². The van der Waals surface area contributed by atoms with E-state index in [0.29, 0.717) is 0 Å². The van der Waals surface area contributed by atoms with Crippen LogP contribution in [0.25, 0.3) is 10.9 Å². The summed E-state index contributed by atoms with van der Waals surface area (Å²) in [6.07, 6.45) is 10.2. The zero-order valence-electron chi connectivity index (χ0n) is 19.9. The fourth-order valence-corrected chi connectivity index (χ4v) is 4.24. The van der Waals surface area contributed by atoms with Crippen LogP contribution in [-0.2, 0) is 25.9 Å². The number of quaternary nitrogens is 1. The Morgan fingerprint density at radius 2 is 1.42 bits per heavy atom. The number of hydrogen-bond donors (Lipinski definition) is 0. The fraction of sp³-hybridized carbons (Fsp3) is 0.321. The Bertz CT molecular complexity index is 1110. The third-order valence-electron chi connectivity index (χ3n) is 5.96. The molecule has 0 amide bonds. The highest BCUT2D eigenvalue weighted by Gasteiger charge is 2.11. The van der Waals surface area contributed by atoms with Crippen molar-refractivity contribution in [3.63, 3.8) is 0 Å². The molecule has 2 heterocycles. The molecule has 0 fully saturated rings. The molecule has 4 aromatic rings. The zero-order chi connectivity index (χ0) is 21.7. The maximum absolute atomic E-state index is 2.40. The van der Waals surface area contributed by atoms with Crippen molar-refractivity contribution in [2.45, 2.75) is 32.4 Å². The lowest BCUT2D eigenvalue weighted by atomic mass is 10.0. The van der Waals surface area contributed by atoms with Crippen LogP contribution in [-0.4, -0.2) is 36.7 Å². The minimum Gasteiger partial charge on any atom is -1.00 e. The number of rotatable bonds is 9. The Morgan fingerprint density at radius 1 is 0.758 bits per heavy atom. The van der Waals surface area contributed by atoms with Gasteiger partial charge in [0, 0.05) is 35.8 Å². The van der Waals surface area contributed by atoms with Crippen molar-refractivity contribution in [3.05, 3.63) is 102 Å². The minimum atomic E-state index is 0. The molecule has 0 spiro atoms. The van der Waals surface area contributed by atoms with Gasteiger partial charge in [0.2, 0.25) is 0 Å². The molecule has 0 saturated heterocycles. The third kappa shape index (κ3) is 7.80. The van der Waals surface area contributed by atoms with E-state index in [4.69, 9.17) is 0 Å². The molecule has 0 saturated carbocycles. The zero-order valence-corrected chi connectivity index (χ0v) is 23.1. The molecule has 0 aliphatic carbocycles.